The fourth-order valence-corrected chi connectivity index (χ4v) is 3.22. The van der Waals surface area contributed by atoms with Crippen LogP contribution in [0, 0.1) is 0 Å². The number of hydrogen-bond donors (Lipinski definition) is 2. The molecule has 0 atom stereocenters. The zero-order chi connectivity index (χ0) is 17.6. The van der Waals surface area contributed by atoms with Crippen molar-refractivity contribution in [2.45, 2.75) is 13.0 Å². The minimum absolute atomic E-state index is 0.0280. The van der Waals surface area contributed by atoms with E-state index in [1.54, 1.807) is 22.9 Å². The summed E-state index contributed by atoms with van der Waals surface area (Å²) in [6.45, 7) is 0.273. The third-order valence-corrected chi connectivity index (χ3v) is 4.26. The van der Waals surface area contributed by atoms with Crippen LogP contribution >= 0.6 is 0 Å². The van der Waals surface area contributed by atoms with Crippen LogP contribution in [0.3, 0.4) is 0 Å². The molecule has 3 N–H and O–H groups in total. The highest BCUT2D eigenvalue weighted by atomic mass is 16.2. The van der Waals surface area contributed by atoms with Crippen LogP contribution in [0.5, 0.6) is 0 Å². The molecule has 1 aromatic heterocycles. The van der Waals surface area contributed by atoms with E-state index in [1.807, 2.05) is 29.6 Å². The number of carbonyl (C=O) groups is 3. The number of nitrogens with two attached hydrogens (primary N) is 1. The first-order valence-corrected chi connectivity index (χ1v) is 7.79. The number of benzene rings is 2. The fraction of sp³-hybridized carbons (Fsp3) is 0.111. The first kappa shape index (κ1) is 15.1. The van der Waals surface area contributed by atoms with Gasteiger partial charge in [0.25, 0.3) is 0 Å². The molecule has 0 bridgehead atoms. The third kappa shape index (κ3) is 2.37. The molecule has 3 aromatic rings. The lowest BCUT2D eigenvalue weighted by Crippen LogP contribution is -2.35. The first-order chi connectivity index (χ1) is 12.1. The van der Waals surface area contributed by atoms with Crippen molar-refractivity contribution in [2.75, 3.05) is 0 Å². The van der Waals surface area contributed by atoms with E-state index in [0.717, 1.165) is 22.2 Å². The van der Waals surface area contributed by atoms with Crippen LogP contribution in [0.15, 0.2) is 42.5 Å². The van der Waals surface area contributed by atoms with Crippen molar-refractivity contribution in [3.8, 4) is 11.3 Å². The quantitative estimate of drug-likeness (QED) is 0.596. The maximum Gasteiger partial charge on any atom is 0.318 e. The normalized spacial score (nSPS) is 12.1. The van der Waals surface area contributed by atoms with Crippen molar-refractivity contribution in [1.29, 1.82) is 0 Å². The van der Waals surface area contributed by atoms with Crippen molar-refractivity contribution in [2.24, 2.45) is 5.73 Å². The summed E-state index contributed by atoms with van der Waals surface area (Å²) in [5, 5.41) is 7.44. The summed E-state index contributed by atoms with van der Waals surface area (Å²) < 4.78 is 1.68. The van der Waals surface area contributed by atoms with Gasteiger partial charge < -0.3 is 5.73 Å². The molecule has 0 radical (unpaired) electrons. The zero-order valence-corrected chi connectivity index (χ0v) is 13.2. The molecule has 0 aliphatic heterocycles. The molecule has 0 fully saturated rings. The Morgan fingerprint density at radius 3 is 2.52 bits per heavy atom. The monoisotopic (exact) mass is 334 g/mol. The van der Waals surface area contributed by atoms with Gasteiger partial charge in [0.1, 0.15) is 5.69 Å². The number of aryl methyl sites for hydroxylation is 1. The molecule has 4 rings (SSSR count). The highest BCUT2D eigenvalue weighted by molar-refractivity contribution is 6.25. The second-order valence-corrected chi connectivity index (χ2v) is 5.81. The van der Waals surface area contributed by atoms with Crippen molar-refractivity contribution in [1.82, 2.24) is 15.1 Å². The molecule has 7 heteroatoms. The molecule has 7 nitrogen and oxygen atoms in total. The number of primary amides is 1. The molecule has 0 saturated carbocycles. The molecule has 25 heavy (non-hydrogen) atoms. The number of nitrogens with zero attached hydrogens (tertiary/aromatic N) is 2. The number of carbonyl (C=O) groups excluding carboxylic acids is 3. The van der Waals surface area contributed by atoms with Gasteiger partial charge in [0, 0.05) is 28.5 Å². The first-order valence-electron chi connectivity index (χ1n) is 7.79. The van der Waals surface area contributed by atoms with Crippen molar-refractivity contribution < 1.29 is 14.4 Å². The van der Waals surface area contributed by atoms with Gasteiger partial charge >= 0.3 is 6.03 Å². The summed E-state index contributed by atoms with van der Waals surface area (Å²) in [6, 6.07) is 11.9. The molecular formula is C18H14N4O3. The van der Waals surface area contributed by atoms with E-state index in [2.05, 4.69) is 5.10 Å². The number of fused-ring (bicyclic) bond motifs is 2. The molecule has 1 aliphatic carbocycles. The van der Waals surface area contributed by atoms with Crippen LogP contribution < -0.4 is 11.1 Å². The Kier molecular flexibility index (Phi) is 3.35. The van der Waals surface area contributed by atoms with Crippen LogP contribution in [0.25, 0.3) is 22.2 Å². The molecule has 0 saturated heterocycles. The van der Waals surface area contributed by atoms with Gasteiger partial charge in [-0.05, 0) is 6.07 Å². The van der Waals surface area contributed by atoms with E-state index >= 15 is 0 Å². The van der Waals surface area contributed by atoms with Gasteiger partial charge in [-0.3, -0.25) is 19.6 Å². The Balaban J connectivity index is 1.80. The molecule has 0 spiro atoms. The molecule has 2 aromatic carbocycles. The number of amides is 3. The summed E-state index contributed by atoms with van der Waals surface area (Å²) in [5.74, 6) is -0.500. The predicted molar refractivity (Wildman–Crippen MR) is 90.9 cm³/mol. The van der Waals surface area contributed by atoms with Gasteiger partial charge in [-0.25, -0.2) is 4.79 Å². The lowest BCUT2D eigenvalue weighted by atomic mass is 9.87. The van der Waals surface area contributed by atoms with Crippen LogP contribution in [0.2, 0.25) is 0 Å². The Morgan fingerprint density at radius 2 is 1.76 bits per heavy atom. The topological polar surface area (TPSA) is 107 Å². The smallest absolute Gasteiger partial charge is 0.318 e. The fourth-order valence-electron chi connectivity index (χ4n) is 3.22. The molecule has 124 valence electrons. The third-order valence-electron chi connectivity index (χ3n) is 4.26. The van der Waals surface area contributed by atoms with Gasteiger partial charge in [0.05, 0.1) is 12.1 Å². The standard InChI is InChI=1S/C18H14N4O3/c19-18(25)20-14(23)8-9-22-13-7-3-6-12-15(13)16(21-22)10-4-1-2-5-11(10)17(12)24/h1-7H,8-9H2,(H3,19,20,23,25). The van der Waals surface area contributed by atoms with Crippen LogP contribution in [0.4, 0.5) is 4.79 Å². The van der Waals surface area contributed by atoms with Gasteiger partial charge in [0.15, 0.2) is 5.78 Å². The summed E-state index contributed by atoms with van der Waals surface area (Å²) in [6.07, 6.45) is 0.0545. The Hall–Kier alpha value is -3.48. The maximum absolute atomic E-state index is 12.7. The number of ketones is 1. The summed E-state index contributed by atoms with van der Waals surface area (Å²) >= 11 is 0. The average Bonchev–Trinajstić information content (AvgIpc) is 2.97. The van der Waals surface area contributed by atoms with E-state index in [1.165, 1.54) is 0 Å². The number of aromatic nitrogens is 2. The molecule has 3 amide bonds. The van der Waals surface area contributed by atoms with Crippen molar-refractivity contribution >= 4 is 28.6 Å². The second kappa shape index (κ2) is 5.55. The number of urea groups is 1. The van der Waals surface area contributed by atoms with E-state index in [0.29, 0.717) is 11.1 Å². The summed E-state index contributed by atoms with van der Waals surface area (Å²) in [5.41, 5.74) is 8.48. The van der Waals surface area contributed by atoms with Gasteiger partial charge in [-0.1, -0.05) is 36.4 Å². The number of imide groups is 1. The number of rotatable bonds is 3. The highest BCUT2D eigenvalue weighted by Gasteiger charge is 2.28. The molecule has 0 unspecified atom stereocenters. The summed E-state index contributed by atoms with van der Waals surface area (Å²) in [7, 11) is 0. The molecule has 1 heterocycles. The highest BCUT2D eigenvalue weighted by Crippen LogP contribution is 2.38. The van der Waals surface area contributed by atoms with Gasteiger partial charge in [-0.15, -0.1) is 0 Å². The van der Waals surface area contributed by atoms with Crippen LogP contribution in [0.1, 0.15) is 22.3 Å². The lowest BCUT2D eigenvalue weighted by Gasteiger charge is -2.13. The summed E-state index contributed by atoms with van der Waals surface area (Å²) in [4.78, 5) is 35.1. The van der Waals surface area contributed by atoms with Gasteiger partial charge in [-0.2, -0.15) is 5.10 Å². The second-order valence-electron chi connectivity index (χ2n) is 5.81. The van der Waals surface area contributed by atoms with E-state index in [9.17, 15) is 14.4 Å². The molecular weight excluding hydrogens is 320 g/mol. The SMILES string of the molecule is NC(=O)NC(=O)CCn1nc2c3c(cccc31)C(=O)c1ccccc1-2. The van der Waals surface area contributed by atoms with Crippen LogP contribution in [-0.2, 0) is 11.3 Å². The molecule has 1 aliphatic rings. The number of nitrogens with one attached hydrogen (secondary N) is 1. The van der Waals surface area contributed by atoms with E-state index in [-0.39, 0.29) is 18.7 Å². The number of hydrogen-bond acceptors (Lipinski definition) is 4. The zero-order valence-electron chi connectivity index (χ0n) is 13.2. The van der Waals surface area contributed by atoms with Gasteiger partial charge in [0.2, 0.25) is 5.91 Å². The van der Waals surface area contributed by atoms with E-state index < -0.39 is 11.9 Å². The van der Waals surface area contributed by atoms with Crippen molar-refractivity contribution in [3.63, 3.8) is 0 Å². The van der Waals surface area contributed by atoms with Crippen LogP contribution in [-0.4, -0.2) is 27.5 Å². The van der Waals surface area contributed by atoms with Crippen molar-refractivity contribution in [3.05, 3.63) is 53.6 Å². The largest absolute Gasteiger partial charge is 0.351 e. The lowest BCUT2D eigenvalue weighted by molar-refractivity contribution is -0.120. The minimum Gasteiger partial charge on any atom is -0.351 e. The Labute approximate surface area is 142 Å². The minimum atomic E-state index is -0.879. The van der Waals surface area contributed by atoms with E-state index in [4.69, 9.17) is 5.73 Å². The Bertz CT molecular complexity index is 1050. The predicted octanol–water partition coefficient (Wildman–Crippen LogP) is 1.83. The average molecular weight is 334 g/mol. The Morgan fingerprint density at radius 1 is 1.04 bits per heavy atom. The maximum atomic E-state index is 12.7.